The molecule has 0 N–H and O–H groups in total. The molecular formula is C19H28F6O4. The van der Waals surface area contributed by atoms with Crippen molar-refractivity contribution in [3.8, 4) is 0 Å². The van der Waals surface area contributed by atoms with Crippen LogP contribution < -0.4 is 0 Å². The molecule has 1 rings (SSSR count). The van der Waals surface area contributed by atoms with E-state index in [-0.39, 0.29) is 12.3 Å². The van der Waals surface area contributed by atoms with E-state index in [1.54, 1.807) is 0 Å². The first kappa shape index (κ1) is 25.6. The predicted molar refractivity (Wildman–Crippen MR) is 91.7 cm³/mol. The molecule has 4 nitrogen and oxygen atoms in total. The lowest BCUT2D eigenvalue weighted by molar-refractivity contribution is -0.317. The standard InChI is InChI=1S/C19H28F6O4/c1-5-17(16(2,3)4,11-28-13(26)12-9-7-6-8-10-12)15(27)29-14(18(20,21)22)19(23,24)25/h12,14H,5-11H2,1-4H3. The van der Waals surface area contributed by atoms with Crippen LogP contribution in [-0.2, 0) is 19.1 Å². The van der Waals surface area contributed by atoms with Crippen LogP contribution in [0.3, 0.4) is 0 Å². The van der Waals surface area contributed by atoms with E-state index < -0.39 is 47.8 Å². The largest absolute Gasteiger partial charge is 0.464 e. The maximum Gasteiger partial charge on any atom is 0.434 e. The average molecular weight is 434 g/mol. The summed E-state index contributed by atoms with van der Waals surface area (Å²) in [6.45, 7) is 5.20. The zero-order valence-corrected chi connectivity index (χ0v) is 17.0. The molecule has 0 amide bonds. The van der Waals surface area contributed by atoms with Crippen molar-refractivity contribution in [2.45, 2.75) is 84.7 Å². The molecule has 0 aliphatic heterocycles. The summed E-state index contributed by atoms with van der Waals surface area (Å²) in [5.41, 5.74) is -3.00. The lowest BCUT2D eigenvalue weighted by Crippen LogP contribution is -2.53. The summed E-state index contributed by atoms with van der Waals surface area (Å²) in [4.78, 5) is 24.9. The summed E-state index contributed by atoms with van der Waals surface area (Å²) >= 11 is 0. The first-order valence-corrected chi connectivity index (χ1v) is 9.57. The Balaban J connectivity index is 3.09. The van der Waals surface area contributed by atoms with Gasteiger partial charge >= 0.3 is 24.3 Å². The quantitative estimate of drug-likeness (QED) is 0.404. The Labute approximate surface area is 166 Å². The summed E-state index contributed by atoms with van der Waals surface area (Å²) < 4.78 is 86.2. The van der Waals surface area contributed by atoms with Crippen LogP contribution in [0.1, 0.15) is 66.2 Å². The Bertz CT molecular complexity index is 559. The second kappa shape index (κ2) is 9.12. The highest BCUT2D eigenvalue weighted by atomic mass is 19.4. The summed E-state index contributed by atoms with van der Waals surface area (Å²) in [6.07, 6.45) is -12.2. The van der Waals surface area contributed by atoms with E-state index in [1.807, 2.05) is 0 Å². The molecule has 0 heterocycles. The smallest absolute Gasteiger partial charge is 0.434 e. The number of hydrogen-bond donors (Lipinski definition) is 0. The zero-order chi connectivity index (χ0) is 22.7. The average Bonchev–Trinajstić information content (AvgIpc) is 2.57. The van der Waals surface area contributed by atoms with Crippen molar-refractivity contribution < 1.29 is 45.4 Å². The molecule has 0 spiro atoms. The van der Waals surface area contributed by atoms with Gasteiger partial charge in [0.15, 0.2) is 0 Å². The topological polar surface area (TPSA) is 52.6 Å². The van der Waals surface area contributed by atoms with Crippen LogP contribution in [0.25, 0.3) is 0 Å². The Kier molecular flexibility index (Phi) is 8.04. The molecule has 0 radical (unpaired) electrons. The number of alkyl halides is 6. The van der Waals surface area contributed by atoms with Crippen molar-refractivity contribution in [2.75, 3.05) is 6.61 Å². The van der Waals surface area contributed by atoms with Crippen molar-refractivity contribution in [3.05, 3.63) is 0 Å². The van der Waals surface area contributed by atoms with Crippen LogP contribution in [0.4, 0.5) is 26.3 Å². The van der Waals surface area contributed by atoms with Crippen LogP contribution >= 0.6 is 0 Å². The number of carbonyl (C=O) groups excluding carboxylic acids is 2. The van der Waals surface area contributed by atoms with Gasteiger partial charge in [-0.3, -0.25) is 9.59 Å². The maximum atomic E-state index is 12.8. The number of ether oxygens (including phenoxy) is 2. The van der Waals surface area contributed by atoms with E-state index in [2.05, 4.69) is 4.74 Å². The Morgan fingerprint density at radius 3 is 1.79 bits per heavy atom. The highest BCUT2D eigenvalue weighted by molar-refractivity contribution is 5.79. The fourth-order valence-corrected chi connectivity index (χ4v) is 3.55. The molecule has 1 aliphatic carbocycles. The van der Waals surface area contributed by atoms with Gasteiger partial charge in [-0.05, 0) is 24.7 Å². The number of hydrogen-bond acceptors (Lipinski definition) is 4. The number of rotatable bonds is 6. The first-order valence-electron chi connectivity index (χ1n) is 9.57. The first-order chi connectivity index (χ1) is 13.1. The van der Waals surface area contributed by atoms with Gasteiger partial charge in [0, 0.05) is 0 Å². The summed E-state index contributed by atoms with van der Waals surface area (Å²) in [5, 5.41) is 0. The van der Waals surface area contributed by atoms with E-state index in [4.69, 9.17) is 4.74 Å². The van der Waals surface area contributed by atoms with Crippen molar-refractivity contribution in [1.29, 1.82) is 0 Å². The maximum absolute atomic E-state index is 12.8. The molecule has 0 aromatic carbocycles. The van der Waals surface area contributed by atoms with Crippen molar-refractivity contribution in [2.24, 2.45) is 16.7 Å². The molecule has 170 valence electrons. The molecule has 1 saturated carbocycles. The van der Waals surface area contributed by atoms with Gasteiger partial charge in [0.25, 0.3) is 6.10 Å². The van der Waals surface area contributed by atoms with E-state index in [1.165, 1.54) is 27.7 Å². The van der Waals surface area contributed by atoms with Crippen LogP contribution in [0.15, 0.2) is 0 Å². The molecule has 0 aromatic heterocycles. The van der Waals surface area contributed by atoms with Gasteiger partial charge < -0.3 is 9.47 Å². The third kappa shape index (κ3) is 6.25. The minimum absolute atomic E-state index is 0.171. The fraction of sp³-hybridized carbons (Fsp3) is 0.895. The molecule has 1 atom stereocenters. The van der Waals surface area contributed by atoms with Gasteiger partial charge in [-0.1, -0.05) is 47.0 Å². The van der Waals surface area contributed by atoms with Crippen molar-refractivity contribution >= 4 is 11.9 Å². The van der Waals surface area contributed by atoms with Gasteiger partial charge in [0.2, 0.25) is 0 Å². The lowest BCUT2D eigenvalue weighted by Gasteiger charge is -2.42. The third-order valence-electron chi connectivity index (χ3n) is 5.65. The predicted octanol–water partition coefficient (Wildman–Crippen LogP) is 5.59. The molecule has 1 aliphatic rings. The summed E-state index contributed by atoms with van der Waals surface area (Å²) in [7, 11) is 0. The molecular weight excluding hydrogens is 406 g/mol. The SMILES string of the molecule is CCC(COC(=O)C1CCCCC1)(C(=O)OC(C(F)(F)F)C(F)(F)F)C(C)(C)C. The van der Waals surface area contributed by atoms with Crippen LogP contribution in [-0.4, -0.2) is 37.0 Å². The Morgan fingerprint density at radius 1 is 0.931 bits per heavy atom. The fourth-order valence-electron chi connectivity index (χ4n) is 3.55. The van der Waals surface area contributed by atoms with E-state index in [0.717, 1.165) is 19.3 Å². The number of carbonyl (C=O) groups is 2. The second-order valence-corrected chi connectivity index (χ2v) is 8.50. The highest BCUT2D eigenvalue weighted by Crippen LogP contribution is 2.46. The van der Waals surface area contributed by atoms with E-state index in [0.29, 0.717) is 12.8 Å². The van der Waals surface area contributed by atoms with Crippen molar-refractivity contribution in [3.63, 3.8) is 0 Å². The Morgan fingerprint density at radius 2 is 1.41 bits per heavy atom. The number of halogens is 6. The second-order valence-electron chi connectivity index (χ2n) is 8.50. The number of esters is 2. The Hall–Kier alpha value is -1.48. The summed E-state index contributed by atoms with van der Waals surface area (Å²) in [5.74, 6) is -2.67. The molecule has 0 saturated heterocycles. The minimum Gasteiger partial charge on any atom is -0.464 e. The third-order valence-corrected chi connectivity index (χ3v) is 5.65. The molecule has 0 aromatic rings. The zero-order valence-electron chi connectivity index (χ0n) is 17.0. The molecule has 1 fully saturated rings. The van der Waals surface area contributed by atoms with Gasteiger partial charge in [-0.25, -0.2) is 0 Å². The monoisotopic (exact) mass is 434 g/mol. The molecule has 1 unspecified atom stereocenters. The van der Waals surface area contributed by atoms with Gasteiger partial charge in [-0.15, -0.1) is 0 Å². The highest BCUT2D eigenvalue weighted by Gasteiger charge is 2.62. The van der Waals surface area contributed by atoms with Gasteiger partial charge in [-0.2, -0.15) is 26.3 Å². The van der Waals surface area contributed by atoms with Crippen LogP contribution in [0, 0.1) is 16.7 Å². The van der Waals surface area contributed by atoms with E-state index in [9.17, 15) is 35.9 Å². The van der Waals surface area contributed by atoms with Crippen LogP contribution in [0.2, 0.25) is 0 Å². The van der Waals surface area contributed by atoms with Gasteiger partial charge in [0.05, 0.1) is 5.92 Å². The van der Waals surface area contributed by atoms with Gasteiger partial charge in [0.1, 0.15) is 12.0 Å². The van der Waals surface area contributed by atoms with Crippen LogP contribution in [0.5, 0.6) is 0 Å². The normalized spacial score (nSPS) is 19.0. The summed E-state index contributed by atoms with van der Waals surface area (Å²) in [6, 6.07) is 0. The molecule has 29 heavy (non-hydrogen) atoms. The minimum atomic E-state index is -5.82. The van der Waals surface area contributed by atoms with Crippen molar-refractivity contribution in [1.82, 2.24) is 0 Å². The molecule has 10 heteroatoms. The van der Waals surface area contributed by atoms with E-state index >= 15 is 0 Å². The molecule has 0 bridgehead atoms. The lowest BCUT2D eigenvalue weighted by atomic mass is 9.65.